The van der Waals surface area contributed by atoms with Crippen molar-refractivity contribution in [2.24, 2.45) is 0 Å². The van der Waals surface area contributed by atoms with E-state index < -0.39 is 38.6 Å². The van der Waals surface area contributed by atoms with Crippen molar-refractivity contribution in [3.05, 3.63) is 0 Å². The van der Waals surface area contributed by atoms with Gasteiger partial charge in [0.25, 0.3) is 0 Å². The number of hydrogen-bond acceptors (Lipinski definition) is 5. The zero-order valence-electron chi connectivity index (χ0n) is 11.6. The molecule has 1 amide bonds. The quantitative estimate of drug-likeness (QED) is 0.746. The number of esters is 1. The molecule has 0 aliphatic heterocycles. The molecule has 0 rings (SSSR count). The Balaban J connectivity index is 4.55. The highest BCUT2D eigenvalue weighted by Gasteiger charge is 2.28. The van der Waals surface area contributed by atoms with Gasteiger partial charge in [-0.05, 0) is 34.6 Å². The molecule has 0 aromatic rings. The molecule has 1 N–H and O–H groups in total. The Morgan fingerprint density at radius 3 is 1.94 bits per heavy atom. The lowest BCUT2D eigenvalue weighted by molar-refractivity contribution is -0.158. The maximum absolute atomic E-state index is 11.6. The molecular formula is C11H21NO5S. The zero-order chi connectivity index (χ0) is 14.7. The molecule has 0 bridgehead atoms. The van der Waals surface area contributed by atoms with Crippen LogP contribution >= 0.6 is 0 Å². The Hall–Kier alpha value is -1.11. The summed E-state index contributed by atoms with van der Waals surface area (Å²) in [6, 6.07) is -0.888. The average molecular weight is 279 g/mol. The van der Waals surface area contributed by atoms with Gasteiger partial charge < -0.3 is 10.1 Å². The Morgan fingerprint density at radius 1 is 1.17 bits per heavy atom. The smallest absolute Gasteiger partial charge is 0.328 e. The first-order valence-electron chi connectivity index (χ1n) is 5.56. The van der Waals surface area contributed by atoms with E-state index in [2.05, 4.69) is 5.32 Å². The summed E-state index contributed by atoms with van der Waals surface area (Å²) in [7, 11) is -3.47. The van der Waals surface area contributed by atoms with Crippen molar-refractivity contribution in [1.82, 2.24) is 5.32 Å². The monoisotopic (exact) mass is 279 g/mol. The van der Waals surface area contributed by atoms with Gasteiger partial charge in [-0.1, -0.05) is 0 Å². The first kappa shape index (κ1) is 16.9. The lowest BCUT2D eigenvalue weighted by Crippen LogP contribution is -2.47. The number of ether oxygens (including phenoxy) is 1. The molecule has 0 spiro atoms. The van der Waals surface area contributed by atoms with E-state index >= 15 is 0 Å². The van der Waals surface area contributed by atoms with Crippen LogP contribution in [0.1, 0.15) is 34.6 Å². The molecule has 2 atom stereocenters. The van der Waals surface area contributed by atoms with Crippen molar-refractivity contribution >= 4 is 21.7 Å². The Morgan fingerprint density at radius 2 is 1.61 bits per heavy atom. The summed E-state index contributed by atoms with van der Waals surface area (Å²) in [6.45, 7) is 7.84. The van der Waals surface area contributed by atoms with Crippen molar-refractivity contribution in [3.8, 4) is 0 Å². The van der Waals surface area contributed by atoms with Crippen LogP contribution in [0.3, 0.4) is 0 Å². The second-order valence-corrected chi connectivity index (χ2v) is 7.60. The normalized spacial score (nSPS) is 15.7. The standard InChI is InChI=1S/C11H21NO5S/c1-7(10(14)17-11(3,4)5)12-9(13)8(2)18(6,15)16/h7-8H,1-6H3,(H,12,13)/t7-,8?/m0/s1. The van der Waals surface area contributed by atoms with E-state index in [1.54, 1.807) is 20.8 Å². The first-order chi connectivity index (χ1) is 7.84. The summed E-state index contributed by atoms with van der Waals surface area (Å²) in [6.07, 6.45) is 0.968. The molecule has 106 valence electrons. The third-order valence-electron chi connectivity index (χ3n) is 2.13. The van der Waals surface area contributed by atoms with E-state index in [-0.39, 0.29) is 0 Å². The number of hydrogen-bond donors (Lipinski definition) is 1. The predicted octanol–water partition coefficient (Wildman–Crippen LogP) is 0.266. The van der Waals surface area contributed by atoms with Crippen molar-refractivity contribution < 1.29 is 22.7 Å². The number of carbonyl (C=O) groups excluding carboxylic acids is 2. The predicted molar refractivity (Wildman–Crippen MR) is 67.8 cm³/mol. The van der Waals surface area contributed by atoms with Gasteiger partial charge in [0.1, 0.15) is 16.9 Å². The summed E-state index contributed by atoms with van der Waals surface area (Å²) >= 11 is 0. The molecule has 7 heteroatoms. The minimum Gasteiger partial charge on any atom is -0.458 e. The summed E-state index contributed by atoms with van der Waals surface area (Å²) in [5, 5.41) is 1.12. The molecule has 0 heterocycles. The molecule has 0 saturated carbocycles. The fourth-order valence-electron chi connectivity index (χ4n) is 0.974. The average Bonchev–Trinajstić information content (AvgIpc) is 2.12. The molecule has 0 aliphatic rings. The molecule has 18 heavy (non-hydrogen) atoms. The number of rotatable bonds is 4. The Kier molecular flexibility index (Phi) is 5.34. The van der Waals surface area contributed by atoms with E-state index in [9.17, 15) is 18.0 Å². The van der Waals surface area contributed by atoms with E-state index in [1.165, 1.54) is 13.8 Å². The van der Waals surface area contributed by atoms with Crippen LogP contribution in [0.5, 0.6) is 0 Å². The van der Waals surface area contributed by atoms with Crippen LogP contribution < -0.4 is 5.32 Å². The van der Waals surface area contributed by atoms with Gasteiger partial charge in [-0.2, -0.15) is 0 Å². The van der Waals surface area contributed by atoms with Crippen LogP contribution in [0, 0.1) is 0 Å². The minimum atomic E-state index is -3.47. The van der Waals surface area contributed by atoms with Crippen LogP contribution in [-0.4, -0.2) is 43.4 Å². The highest BCUT2D eigenvalue weighted by Crippen LogP contribution is 2.08. The minimum absolute atomic E-state index is 0.600. The molecular weight excluding hydrogens is 258 g/mol. The van der Waals surface area contributed by atoms with Crippen molar-refractivity contribution in [3.63, 3.8) is 0 Å². The van der Waals surface area contributed by atoms with Gasteiger partial charge in [-0.3, -0.25) is 4.79 Å². The van der Waals surface area contributed by atoms with Crippen LogP contribution in [0.4, 0.5) is 0 Å². The first-order valence-corrected chi connectivity index (χ1v) is 7.52. The molecule has 0 aliphatic carbocycles. The van der Waals surface area contributed by atoms with Gasteiger partial charge in [0.2, 0.25) is 5.91 Å². The number of carbonyl (C=O) groups is 2. The SMILES string of the molecule is CC(C(=O)N[C@@H](C)C(=O)OC(C)(C)C)S(C)(=O)=O. The summed E-state index contributed by atoms with van der Waals surface area (Å²) < 4.78 is 27.4. The lowest BCUT2D eigenvalue weighted by atomic mass is 10.2. The zero-order valence-corrected chi connectivity index (χ0v) is 12.4. The Bertz CT molecular complexity index is 421. The van der Waals surface area contributed by atoms with Gasteiger partial charge in [0, 0.05) is 6.26 Å². The second kappa shape index (κ2) is 5.69. The number of nitrogens with one attached hydrogen (secondary N) is 1. The number of sulfone groups is 1. The van der Waals surface area contributed by atoms with Crippen molar-refractivity contribution in [2.45, 2.75) is 51.5 Å². The molecule has 0 aromatic carbocycles. The van der Waals surface area contributed by atoms with Crippen LogP contribution in [-0.2, 0) is 24.2 Å². The van der Waals surface area contributed by atoms with Crippen LogP contribution in [0.2, 0.25) is 0 Å². The van der Waals surface area contributed by atoms with Crippen molar-refractivity contribution in [2.75, 3.05) is 6.26 Å². The van der Waals surface area contributed by atoms with E-state index in [0.29, 0.717) is 0 Å². The highest BCUT2D eigenvalue weighted by atomic mass is 32.2. The van der Waals surface area contributed by atoms with Gasteiger partial charge >= 0.3 is 5.97 Å². The maximum Gasteiger partial charge on any atom is 0.328 e. The Labute approximate surface area is 108 Å². The summed E-state index contributed by atoms with van der Waals surface area (Å²) in [4.78, 5) is 23.2. The van der Waals surface area contributed by atoms with E-state index in [4.69, 9.17) is 4.74 Å². The molecule has 0 aromatic heterocycles. The molecule has 0 fully saturated rings. The molecule has 0 saturated heterocycles. The number of amides is 1. The fourth-order valence-corrected chi connectivity index (χ4v) is 1.43. The van der Waals surface area contributed by atoms with Crippen LogP contribution in [0.25, 0.3) is 0 Å². The van der Waals surface area contributed by atoms with Gasteiger partial charge in [0.15, 0.2) is 9.84 Å². The second-order valence-electron chi connectivity index (χ2n) is 5.24. The lowest BCUT2D eigenvalue weighted by Gasteiger charge is -2.23. The summed E-state index contributed by atoms with van der Waals surface area (Å²) in [5.41, 5.74) is -0.654. The third kappa shape index (κ3) is 6.00. The molecule has 1 unspecified atom stereocenters. The highest BCUT2D eigenvalue weighted by molar-refractivity contribution is 7.92. The third-order valence-corrected chi connectivity index (χ3v) is 3.63. The molecule has 6 nitrogen and oxygen atoms in total. The van der Waals surface area contributed by atoms with Crippen molar-refractivity contribution in [1.29, 1.82) is 0 Å². The van der Waals surface area contributed by atoms with E-state index in [0.717, 1.165) is 6.26 Å². The van der Waals surface area contributed by atoms with Crippen LogP contribution in [0.15, 0.2) is 0 Å². The van der Waals surface area contributed by atoms with Gasteiger partial charge in [-0.15, -0.1) is 0 Å². The fraction of sp³-hybridized carbons (Fsp3) is 0.818. The van der Waals surface area contributed by atoms with E-state index in [1.807, 2.05) is 0 Å². The largest absolute Gasteiger partial charge is 0.458 e. The maximum atomic E-state index is 11.6. The topological polar surface area (TPSA) is 89.5 Å². The molecule has 0 radical (unpaired) electrons. The van der Waals surface area contributed by atoms with Gasteiger partial charge in [0.05, 0.1) is 0 Å². The van der Waals surface area contributed by atoms with Gasteiger partial charge in [-0.25, -0.2) is 13.2 Å². The summed E-state index contributed by atoms with van der Waals surface area (Å²) in [5.74, 6) is -1.31.